The number of ether oxygens (including phenoxy) is 1. The smallest absolute Gasteiger partial charge is 0.307 e. The highest BCUT2D eigenvalue weighted by Gasteiger charge is 2.31. The summed E-state index contributed by atoms with van der Waals surface area (Å²) in [5.74, 6) is 0.549. The predicted molar refractivity (Wildman–Crippen MR) is 118 cm³/mol. The van der Waals surface area contributed by atoms with E-state index in [1.54, 1.807) is 0 Å². The standard InChI is InChI=1S/C26H27NO3/c1-19-8-5-9-20(16-19)25(27-15-7-11-22(18-27)26(28)29)21-10-6-14-24(17-21)30-23-12-3-2-4-13-23/h2-6,8-10,12-14,16-17,22,25H,7,11,15,18H2,1H3,(H,28,29). The van der Waals surface area contributed by atoms with Gasteiger partial charge >= 0.3 is 5.97 Å². The maximum absolute atomic E-state index is 11.7. The monoisotopic (exact) mass is 401 g/mol. The minimum atomic E-state index is -0.705. The van der Waals surface area contributed by atoms with Crippen molar-refractivity contribution in [2.24, 2.45) is 5.92 Å². The van der Waals surface area contributed by atoms with Crippen LogP contribution in [0.5, 0.6) is 11.5 Å². The second-order valence-corrected chi connectivity index (χ2v) is 7.98. The number of hydrogen-bond donors (Lipinski definition) is 1. The van der Waals surface area contributed by atoms with E-state index in [4.69, 9.17) is 4.74 Å². The lowest BCUT2D eigenvalue weighted by Gasteiger charge is -2.37. The van der Waals surface area contributed by atoms with Crippen molar-refractivity contribution < 1.29 is 14.6 Å². The second-order valence-electron chi connectivity index (χ2n) is 7.98. The fourth-order valence-corrected chi connectivity index (χ4v) is 4.27. The number of likely N-dealkylation sites (tertiary alicyclic amines) is 1. The van der Waals surface area contributed by atoms with Gasteiger partial charge in [-0.2, -0.15) is 0 Å². The number of aliphatic carboxylic acids is 1. The minimum absolute atomic E-state index is 0.00799. The lowest BCUT2D eigenvalue weighted by atomic mass is 9.91. The quantitative estimate of drug-likeness (QED) is 0.578. The van der Waals surface area contributed by atoms with Gasteiger partial charge < -0.3 is 9.84 Å². The summed E-state index contributed by atoms with van der Waals surface area (Å²) in [6.45, 7) is 3.52. The Balaban J connectivity index is 1.69. The molecular formula is C26H27NO3. The molecule has 3 aromatic carbocycles. The maximum atomic E-state index is 11.7. The molecule has 30 heavy (non-hydrogen) atoms. The molecule has 4 nitrogen and oxygen atoms in total. The Morgan fingerprint density at radius 1 is 0.967 bits per heavy atom. The molecule has 1 aliphatic rings. The molecule has 0 aromatic heterocycles. The van der Waals surface area contributed by atoms with Crippen LogP contribution >= 0.6 is 0 Å². The van der Waals surface area contributed by atoms with Crippen molar-refractivity contribution in [3.05, 3.63) is 95.6 Å². The van der Waals surface area contributed by atoms with E-state index in [0.717, 1.165) is 36.4 Å². The molecule has 1 N–H and O–H groups in total. The average Bonchev–Trinajstić information content (AvgIpc) is 2.75. The first-order valence-electron chi connectivity index (χ1n) is 10.5. The van der Waals surface area contributed by atoms with Crippen molar-refractivity contribution in [1.29, 1.82) is 0 Å². The van der Waals surface area contributed by atoms with Gasteiger partial charge in [0.1, 0.15) is 11.5 Å². The van der Waals surface area contributed by atoms with Crippen LogP contribution in [0.4, 0.5) is 0 Å². The van der Waals surface area contributed by atoms with Gasteiger partial charge in [-0.25, -0.2) is 0 Å². The van der Waals surface area contributed by atoms with E-state index in [-0.39, 0.29) is 12.0 Å². The summed E-state index contributed by atoms with van der Waals surface area (Å²) in [5, 5.41) is 9.58. The first kappa shape index (κ1) is 20.2. The highest BCUT2D eigenvalue weighted by molar-refractivity contribution is 5.70. The van der Waals surface area contributed by atoms with Crippen LogP contribution in [-0.2, 0) is 4.79 Å². The van der Waals surface area contributed by atoms with E-state index in [2.05, 4.69) is 48.2 Å². The molecule has 3 aromatic rings. The SMILES string of the molecule is Cc1cccc(C(c2cccc(Oc3ccccc3)c2)N2CCCC(C(=O)O)C2)c1. The van der Waals surface area contributed by atoms with Gasteiger partial charge in [0.25, 0.3) is 0 Å². The number of piperidine rings is 1. The van der Waals surface area contributed by atoms with E-state index in [9.17, 15) is 9.90 Å². The van der Waals surface area contributed by atoms with Crippen molar-refractivity contribution in [2.45, 2.75) is 25.8 Å². The second kappa shape index (κ2) is 9.14. The van der Waals surface area contributed by atoms with E-state index >= 15 is 0 Å². The fraction of sp³-hybridized carbons (Fsp3) is 0.269. The number of hydrogen-bond acceptors (Lipinski definition) is 3. The number of carboxylic acid groups (broad SMARTS) is 1. The van der Waals surface area contributed by atoms with Gasteiger partial charge in [0.2, 0.25) is 0 Å². The third kappa shape index (κ3) is 4.71. The molecule has 0 amide bonds. The third-order valence-corrected chi connectivity index (χ3v) is 5.68. The van der Waals surface area contributed by atoms with Crippen molar-refractivity contribution >= 4 is 5.97 Å². The Labute approximate surface area is 177 Å². The van der Waals surface area contributed by atoms with Gasteiger partial charge in [-0.3, -0.25) is 9.69 Å². The van der Waals surface area contributed by atoms with Gasteiger partial charge in [-0.15, -0.1) is 0 Å². The van der Waals surface area contributed by atoms with Crippen LogP contribution in [0.15, 0.2) is 78.9 Å². The molecular weight excluding hydrogens is 374 g/mol. The molecule has 1 saturated heterocycles. The summed E-state index contributed by atoms with van der Waals surface area (Å²) >= 11 is 0. The maximum Gasteiger partial charge on any atom is 0.307 e. The van der Waals surface area contributed by atoms with Crippen LogP contribution in [0.2, 0.25) is 0 Å². The van der Waals surface area contributed by atoms with Crippen LogP contribution in [0.1, 0.15) is 35.6 Å². The largest absolute Gasteiger partial charge is 0.481 e. The molecule has 2 unspecified atom stereocenters. The van der Waals surface area contributed by atoms with E-state index in [1.165, 1.54) is 11.1 Å². The Bertz CT molecular complexity index is 1000. The summed E-state index contributed by atoms with van der Waals surface area (Å²) in [7, 11) is 0. The Hall–Kier alpha value is -3.11. The summed E-state index contributed by atoms with van der Waals surface area (Å²) in [6, 6.07) is 26.4. The van der Waals surface area contributed by atoms with Crippen LogP contribution in [0, 0.1) is 12.8 Å². The number of carboxylic acids is 1. The molecule has 4 rings (SSSR count). The average molecular weight is 402 g/mol. The number of nitrogens with zero attached hydrogens (tertiary/aromatic N) is 1. The number of rotatable bonds is 6. The molecule has 0 radical (unpaired) electrons. The molecule has 1 fully saturated rings. The van der Waals surface area contributed by atoms with Gasteiger partial charge in [0.15, 0.2) is 0 Å². The van der Waals surface area contributed by atoms with Gasteiger partial charge in [0.05, 0.1) is 12.0 Å². The summed E-state index contributed by atoms with van der Waals surface area (Å²) < 4.78 is 6.06. The Morgan fingerprint density at radius 2 is 1.67 bits per heavy atom. The highest BCUT2D eigenvalue weighted by atomic mass is 16.5. The number of benzene rings is 3. The molecule has 0 saturated carbocycles. The number of aryl methyl sites for hydroxylation is 1. The topological polar surface area (TPSA) is 49.8 Å². The first-order valence-corrected chi connectivity index (χ1v) is 10.5. The number of para-hydroxylation sites is 1. The van der Waals surface area contributed by atoms with Crippen molar-refractivity contribution in [1.82, 2.24) is 4.90 Å². The lowest BCUT2D eigenvalue weighted by Crippen LogP contribution is -2.41. The van der Waals surface area contributed by atoms with Crippen LogP contribution in [-0.4, -0.2) is 29.1 Å². The third-order valence-electron chi connectivity index (χ3n) is 5.68. The zero-order chi connectivity index (χ0) is 20.9. The van der Waals surface area contributed by atoms with Crippen LogP contribution in [0.25, 0.3) is 0 Å². The van der Waals surface area contributed by atoms with E-state index in [0.29, 0.717) is 6.54 Å². The Morgan fingerprint density at radius 3 is 2.40 bits per heavy atom. The summed E-state index contributed by atoms with van der Waals surface area (Å²) in [4.78, 5) is 14.0. The highest BCUT2D eigenvalue weighted by Crippen LogP contribution is 2.35. The van der Waals surface area contributed by atoms with Crippen LogP contribution < -0.4 is 4.74 Å². The van der Waals surface area contributed by atoms with Crippen LogP contribution in [0.3, 0.4) is 0 Å². The molecule has 0 bridgehead atoms. The molecule has 0 aliphatic carbocycles. The molecule has 2 atom stereocenters. The molecule has 4 heteroatoms. The van der Waals surface area contributed by atoms with Crippen molar-refractivity contribution in [3.63, 3.8) is 0 Å². The number of carbonyl (C=O) groups is 1. The lowest BCUT2D eigenvalue weighted by molar-refractivity contribution is -0.143. The van der Waals surface area contributed by atoms with Gasteiger partial charge in [-0.05, 0) is 61.7 Å². The summed E-state index contributed by atoms with van der Waals surface area (Å²) in [6.07, 6.45) is 1.63. The van der Waals surface area contributed by atoms with E-state index < -0.39 is 5.97 Å². The van der Waals surface area contributed by atoms with Crippen molar-refractivity contribution in [3.8, 4) is 11.5 Å². The van der Waals surface area contributed by atoms with E-state index in [1.807, 2.05) is 42.5 Å². The molecule has 1 aliphatic heterocycles. The summed E-state index contributed by atoms with van der Waals surface area (Å²) in [5.41, 5.74) is 3.49. The first-order chi connectivity index (χ1) is 14.6. The fourth-order valence-electron chi connectivity index (χ4n) is 4.27. The molecule has 0 spiro atoms. The normalized spacial score (nSPS) is 18.0. The zero-order valence-electron chi connectivity index (χ0n) is 17.2. The Kier molecular flexibility index (Phi) is 6.15. The predicted octanol–water partition coefficient (Wildman–Crippen LogP) is 5.67. The molecule has 1 heterocycles. The zero-order valence-corrected chi connectivity index (χ0v) is 17.2. The minimum Gasteiger partial charge on any atom is -0.481 e. The molecule has 154 valence electrons. The van der Waals surface area contributed by atoms with Gasteiger partial charge in [-0.1, -0.05) is 60.2 Å². The van der Waals surface area contributed by atoms with Gasteiger partial charge in [0, 0.05) is 6.54 Å². The van der Waals surface area contributed by atoms with Crippen molar-refractivity contribution in [2.75, 3.05) is 13.1 Å².